The zero-order chi connectivity index (χ0) is 19.2. The van der Waals surface area contributed by atoms with Gasteiger partial charge in [0.1, 0.15) is 5.01 Å². The third-order valence-corrected chi connectivity index (χ3v) is 4.18. The van der Waals surface area contributed by atoms with Crippen LogP contribution in [0.1, 0.15) is 48.6 Å². The number of hydrogen-bond acceptors (Lipinski definition) is 6. The minimum atomic E-state index is -4.42. The summed E-state index contributed by atoms with van der Waals surface area (Å²) in [7, 11) is 1.59. The van der Waals surface area contributed by atoms with Crippen LogP contribution in [0.15, 0.2) is 14.9 Å². The number of rotatable bonds is 7. The lowest BCUT2D eigenvalue weighted by atomic mass is 10.2. The van der Waals surface area contributed by atoms with Crippen molar-refractivity contribution in [1.29, 1.82) is 0 Å². The fourth-order valence-electron chi connectivity index (χ4n) is 1.95. The van der Waals surface area contributed by atoms with E-state index in [2.05, 4.69) is 30.8 Å². The molecule has 12 heteroatoms. The number of aliphatic imine (C=N–C) groups is 1. The lowest BCUT2D eigenvalue weighted by molar-refractivity contribution is -0.140. The van der Waals surface area contributed by atoms with Crippen molar-refractivity contribution >= 4 is 41.3 Å². The van der Waals surface area contributed by atoms with E-state index in [0.29, 0.717) is 35.6 Å². The van der Waals surface area contributed by atoms with E-state index in [1.807, 2.05) is 13.8 Å². The number of thiazole rings is 1. The van der Waals surface area contributed by atoms with Crippen molar-refractivity contribution in [3.63, 3.8) is 0 Å². The van der Waals surface area contributed by atoms with E-state index in [1.165, 1.54) is 0 Å². The van der Waals surface area contributed by atoms with Crippen LogP contribution >= 0.6 is 35.3 Å². The van der Waals surface area contributed by atoms with E-state index < -0.39 is 11.9 Å². The molecular weight excluding hydrogens is 496 g/mol. The molecule has 0 radical (unpaired) electrons. The van der Waals surface area contributed by atoms with Crippen molar-refractivity contribution in [2.45, 2.75) is 45.3 Å². The Kier molecular flexibility index (Phi) is 9.42. The standard InChI is InChI=1S/C15H21F3N6OS.HI/c1-9(2)13-23-11(25-24-13)5-4-6-20-14(19-3)21-7-12-22-10(8-26-12)15(16,17)18;/h8-9H,4-7H2,1-3H3,(H2,19,20,21);1H. The molecule has 2 aromatic rings. The molecule has 152 valence electrons. The largest absolute Gasteiger partial charge is 0.434 e. The first-order valence-electron chi connectivity index (χ1n) is 8.08. The van der Waals surface area contributed by atoms with E-state index in [-0.39, 0.29) is 36.4 Å². The number of nitrogens with zero attached hydrogens (tertiary/aromatic N) is 4. The molecule has 0 spiro atoms. The van der Waals surface area contributed by atoms with Gasteiger partial charge in [-0.05, 0) is 6.42 Å². The first kappa shape index (κ1) is 23.6. The van der Waals surface area contributed by atoms with Gasteiger partial charge in [0.2, 0.25) is 5.89 Å². The van der Waals surface area contributed by atoms with E-state index >= 15 is 0 Å². The molecule has 2 aromatic heterocycles. The molecule has 0 fully saturated rings. The Labute approximate surface area is 176 Å². The highest BCUT2D eigenvalue weighted by Gasteiger charge is 2.33. The normalized spacial score (nSPS) is 12.2. The number of alkyl halides is 3. The van der Waals surface area contributed by atoms with Crippen molar-refractivity contribution in [3.8, 4) is 0 Å². The Bertz CT molecular complexity index is 731. The first-order valence-corrected chi connectivity index (χ1v) is 8.96. The summed E-state index contributed by atoms with van der Waals surface area (Å²) in [5, 5.41) is 11.3. The summed E-state index contributed by atoms with van der Waals surface area (Å²) in [5.74, 6) is 1.98. The van der Waals surface area contributed by atoms with Crippen molar-refractivity contribution < 1.29 is 17.7 Å². The van der Waals surface area contributed by atoms with Crippen LogP contribution in [0, 0.1) is 0 Å². The summed E-state index contributed by atoms with van der Waals surface area (Å²) in [6, 6.07) is 0. The molecule has 0 saturated heterocycles. The maximum absolute atomic E-state index is 12.5. The monoisotopic (exact) mass is 518 g/mol. The number of aromatic nitrogens is 3. The predicted molar refractivity (Wildman–Crippen MR) is 107 cm³/mol. The molecule has 0 aliphatic heterocycles. The third-order valence-electron chi connectivity index (χ3n) is 3.33. The summed E-state index contributed by atoms with van der Waals surface area (Å²) >= 11 is 0.955. The quantitative estimate of drug-likeness (QED) is 0.252. The van der Waals surface area contributed by atoms with Gasteiger partial charge in [-0.15, -0.1) is 35.3 Å². The molecule has 0 amide bonds. The predicted octanol–water partition coefficient (Wildman–Crippen LogP) is 3.58. The van der Waals surface area contributed by atoms with Gasteiger partial charge < -0.3 is 15.2 Å². The number of nitrogens with one attached hydrogen (secondary N) is 2. The van der Waals surface area contributed by atoms with E-state index in [0.717, 1.165) is 23.1 Å². The SMILES string of the molecule is CN=C(NCCCc1nc(C(C)C)no1)NCc1nc(C(F)(F)F)cs1.I. The Morgan fingerprint density at radius 1 is 1.30 bits per heavy atom. The Morgan fingerprint density at radius 3 is 2.59 bits per heavy atom. The summed E-state index contributed by atoms with van der Waals surface area (Å²) < 4.78 is 42.7. The van der Waals surface area contributed by atoms with Gasteiger partial charge in [0.05, 0.1) is 6.54 Å². The Balaban J connectivity index is 0.00000364. The molecule has 2 heterocycles. The zero-order valence-corrected chi connectivity index (χ0v) is 18.3. The van der Waals surface area contributed by atoms with Gasteiger partial charge in [-0.3, -0.25) is 4.99 Å². The molecule has 0 atom stereocenters. The maximum atomic E-state index is 12.5. The number of aryl methyl sites for hydroxylation is 1. The van der Waals surface area contributed by atoms with Crippen molar-refractivity contribution in [3.05, 3.63) is 27.8 Å². The van der Waals surface area contributed by atoms with Crippen LogP contribution in [0.25, 0.3) is 0 Å². The van der Waals surface area contributed by atoms with Gasteiger partial charge in [-0.1, -0.05) is 19.0 Å². The molecule has 0 aliphatic rings. The van der Waals surface area contributed by atoms with E-state index in [1.54, 1.807) is 7.05 Å². The van der Waals surface area contributed by atoms with Crippen LogP contribution in [-0.2, 0) is 19.1 Å². The van der Waals surface area contributed by atoms with Gasteiger partial charge in [0.25, 0.3) is 0 Å². The zero-order valence-electron chi connectivity index (χ0n) is 15.1. The molecule has 0 unspecified atom stereocenters. The van der Waals surface area contributed by atoms with Crippen molar-refractivity contribution in [2.24, 2.45) is 4.99 Å². The summed E-state index contributed by atoms with van der Waals surface area (Å²) in [6.07, 6.45) is -3.04. The topological polar surface area (TPSA) is 88.2 Å². The Hall–Kier alpha value is -1.44. The van der Waals surface area contributed by atoms with E-state index in [9.17, 15) is 13.2 Å². The Morgan fingerprint density at radius 2 is 2.04 bits per heavy atom. The molecule has 27 heavy (non-hydrogen) atoms. The molecule has 0 aliphatic carbocycles. The average molecular weight is 518 g/mol. The smallest absolute Gasteiger partial charge is 0.356 e. The van der Waals surface area contributed by atoms with E-state index in [4.69, 9.17) is 4.52 Å². The molecule has 2 rings (SSSR count). The molecule has 0 bridgehead atoms. The fraction of sp³-hybridized carbons (Fsp3) is 0.600. The molecule has 0 aromatic carbocycles. The van der Waals surface area contributed by atoms with Crippen LogP contribution in [0.3, 0.4) is 0 Å². The van der Waals surface area contributed by atoms with Crippen LogP contribution in [0.5, 0.6) is 0 Å². The van der Waals surface area contributed by atoms with Gasteiger partial charge in [-0.2, -0.15) is 18.2 Å². The van der Waals surface area contributed by atoms with Crippen LogP contribution in [0.2, 0.25) is 0 Å². The number of hydrogen-bond donors (Lipinski definition) is 2. The maximum Gasteiger partial charge on any atom is 0.434 e. The number of guanidine groups is 1. The van der Waals surface area contributed by atoms with Crippen LogP contribution in [0.4, 0.5) is 13.2 Å². The summed E-state index contributed by atoms with van der Waals surface area (Å²) in [6.45, 7) is 4.75. The molecule has 7 nitrogen and oxygen atoms in total. The van der Waals surface area contributed by atoms with Gasteiger partial charge in [0, 0.05) is 31.3 Å². The van der Waals surface area contributed by atoms with Crippen molar-refractivity contribution in [1.82, 2.24) is 25.8 Å². The minimum absolute atomic E-state index is 0. The average Bonchev–Trinajstić information content (AvgIpc) is 3.23. The molecule has 2 N–H and O–H groups in total. The minimum Gasteiger partial charge on any atom is -0.356 e. The first-order chi connectivity index (χ1) is 12.3. The van der Waals surface area contributed by atoms with Gasteiger partial charge in [-0.25, -0.2) is 4.98 Å². The highest BCUT2D eigenvalue weighted by molar-refractivity contribution is 14.0. The van der Waals surface area contributed by atoms with Crippen molar-refractivity contribution in [2.75, 3.05) is 13.6 Å². The molecule has 0 saturated carbocycles. The van der Waals surface area contributed by atoms with Gasteiger partial charge in [0.15, 0.2) is 17.5 Å². The third kappa shape index (κ3) is 7.60. The summed E-state index contributed by atoms with van der Waals surface area (Å²) in [5.41, 5.74) is -0.873. The second kappa shape index (κ2) is 10.8. The lowest BCUT2D eigenvalue weighted by Crippen LogP contribution is -2.37. The van der Waals surface area contributed by atoms with Gasteiger partial charge >= 0.3 is 6.18 Å². The molecular formula is C15H22F3IN6OS. The van der Waals surface area contributed by atoms with Crippen LogP contribution in [-0.4, -0.2) is 34.7 Å². The number of halogens is 4. The second-order valence-corrected chi connectivity index (χ2v) is 6.72. The highest BCUT2D eigenvalue weighted by atomic mass is 127. The highest BCUT2D eigenvalue weighted by Crippen LogP contribution is 2.29. The van der Waals surface area contributed by atoms with Crippen LogP contribution < -0.4 is 10.6 Å². The lowest BCUT2D eigenvalue weighted by Gasteiger charge is -2.10. The second-order valence-electron chi connectivity index (χ2n) is 5.78. The fourth-order valence-corrected chi connectivity index (χ4v) is 2.69. The summed E-state index contributed by atoms with van der Waals surface area (Å²) in [4.78, 5) is 11.9.